The Hall–Kier alpha value is -3.29. The third kappa shape index (κ3) is 4.62. The van der Waals surface area contributed by atoms with Crippen LogP contribution in [0.4, 0.5) is 0 Å². The second kappa shape index (κ2) is 8.70. The first-order valence-corrected chi connectivity index (χ1v) is 8.36. The Kier molecular flexibility index (Phi) is 5.87. The topological polar surface area (TPSA) is 63.0 Å². The van der Waals surface area contributed by atoms with Crippen molar-refractivity contribution in [2.24, 2.45) is 0 Å². The Morgan fingerprint density at radius 1 is 0.962 bits per heavy atom. The zero-order valence-corrected chi connectivity index (χ0v) is 14.3. The third-order valence-electron chi connectivity index (χ3n) is 4.06. The molecule has 0 spiro atoms. The normalized spacial score (nSPS) is 10.3. The van der Waals surface area contributed by atoms with E-state index in [0.717, 1.165) is 35.1 Å². The number of aromatic nitrogens is 1. The number of hydrogen-bond acceptors (Lipinski definition) is 4. The Balaban J connectivity index is 1.49. The number of nitrogens with zero attached hydrogens (tertiary/aromatic N) is 2. The van der Waals surface area contributed by atoms with Gasteiger partial charge in [0.1, 0.15) is 12.4 Å². The molecule has 0 N–H and O–H groups in total. The molecule has 3 aromatic rings. The minimum absolute atomic E-state index is 0.549. The molecule has 0 saturated carbocycles. The maximum atomic E-state index is 10.6. The number of aldehydes is 1. The number of nitriles is 1. The van der Waals surface area contributed by atoms with Crippen LogP contribution in [0, 0.1) is 11.3 Å². The van der Waals surface area contributed by atoms with Gasteiger partial charge < -0.3 is 4.74 Å². The SMILES string of the molecule is N#Cc1ccc(-c2ccc(COCCc3ccc(C=O)cc3)cc2)nc1. The van der Waals surface area contributed by atoms with Crippen LogP contribution in [0.1, 0.15) is 27.0 Å². The van der Waals surface area contributed by atoms with E-state index in [1.807, 2.05) is 54.6 Å². The fraction of sp³-hybridized carbons (Fsp3) is 0.136. The van der Waals surface area contributed by atoms with Crippen LogP contribution in [0.5, 0.6) is 0 Å². The summed E-state index contributed by atoms with van der Waals surface area (Å²) in [6.45, 7) is 1.17. The molecule has 0 fully saturated rings. The molecule has 1 heterocycles. The largest absolute Gasteiger partial charge is 0.376 e. The van der Waals surface area contributed by atoms with Crippen LogP contribution in [-0.2, 0) is 17.8 Å². The smallest absolute Gasteiger partial charge is 0.150 e. The Labute approximate surface area is 152 Å². The number of rotatable bonds is 7. The molecule has 26 heavy (non-hydrogen) atoms. The summed E-state index contributed by atoms with van der Waals surface area (Å²) in [5.41, 5.74) is 5.34. The fourth-order valence-electron chi connectivity index (χ4n) is 2.55. The first-order chi connectivity index (χ1) is 12.8. The highest BCUT2D eigenvalue weighted by molar-refractivity contribution is 5.74. The molecule has 0 radical (unpaired) electrons. The predicted octanol–water partition coefficient (Wildman–Crippen LogP) is 4.19. The highest BCUT2D eigenvalue weighted by atomic mass is 16.5. The van der Waals surface area contributed by atoms with E-state index in [4.69, 9.17) is 10.00 Å². The van der Waals surface area contributed by atoms with Crippen molar-refractivity contribution in [2.75, 3.05) is 6.61 Å². The summed E-state index contributed by atoms with van der Waals surface area (Å²) in [7, 11) is 0. The van der Waals surface area contributed by atoms with Gasteiger partial charge in [0.25, 0.3) is 0 Å². The Morgan fingerprint density at radius 2 is 1.69 bits per heavy atom. The van der Waals surface area contributed by atoms with Gasteiger partial charge >= 0.3 is 0 Å². The highest BCUT2D eigenvalue weighted by Crippen LogP contribution is 2.18. The molecule has 0 amide bonds. The molecule has 4 nitrogen and oxygen atoms in total. The van der Waals surface area contributed by atoms with Crippen molar-refractivity contribution in [2.45, 2.75) is 13.0 Å². The van der Waals surface area contributed by atoms with E-state index in [0.29, 0.717) is 24.3 Å². The quantitative estimate of drug-likeness (QED) is 0.477. The second-order valence-electron chi connectivity index (χ2n) is 5.90. The van der Waals surface area contributed by atoms with Gasteiger partial charge in [-0.25, -0.2) is 0 Å². The van der Waals surface area contributed by atoms with Gasteiger partial charge in [0, 0.05) is 17.3 Å². The lowest BCUT2D eigenvalue weighted by Crippen LogP contribution is -1.99. The van der Waals surface area contributed by atoms with Crippen LogP contribution in [0.3, 0.4) is 0 Å². The third-order valence-corrected chi connectivity index (χ3v) is 4.06. The minimum atomic E-state index is 0.549. The number of carbonyl (C=O) groups is 1. The van der Waals surface area contributed by atoms with E-state index in [2.05, 4.69) is 11.1 Å². The number of ether oxygens (including phenoxy) is 1. The summed E-state index contributed by atoms with van der Waals surface area (Å²) in [5, 5.41) is 8.82. The Bertz CT molecular complexity index is 893. The number of carbonyl (C=O) groups excluding carboxylic acids is 1. The van der Waals surface area contributed by atoms with E-state index in [9.17, 15) is 4.79 Å². The van der Waals surface area contributed by atoms with Crippen molar-refractivity contribution in [1.82, 2.24) is 4.98 Å². The van der Waals surface area contributed by atoms with Crippen molar-refractivity contribution >= 4 is 6.29 Å². The van der Waals surface area contributed by atoms with Gasteiger partial charge in [-0.05, 0) is 29.7 Å². The van der Waals surface area contributed by atoms with Crippen LogP contribution in [-0.4, -0.2) is 17.9 Å². The van der Waals surface area contributed by atoms with Gasteiger partial charge in [-0.1, -0.05) is 48.5 Å². The van der Waals surface area contributed by atoms with E-state index >= 15 is 0 Å². The number of pyridine rings is 1. The lowest BCUT2D eigenvalue weighted by molar-refractivity contribution is 0.112. The second-order valence-corrected chi connectivity index (χ2v) is 5.90. The van der Waals surface area contributed by atoms with Gasteiger partial charge in [0.05, 0.1) is 24.5 Å². The van der Waals surface area contributed by atoms with Gasteiger partial charge in [0.15, 0.2) is 0 Å². The zero-order chi connectivity index (χ0) is 18.2. The van der Waals surface area contributed by atoms with Crippen molar-refractivity contribution in [3.63, 3.8) is 0 Å². The molecule has 0 aliphatic heterocycles. The van der Waals surface area contributed by atoms with Crippen LogP contribution >= 0.6 is 0 Å². The fourth-order valence-corrected chi connectivity index (χ4v) is 2.55. The molecule has 0 atom stereocenters. The molecule has 0 saturated heterocycles. The predicted molar refractivity (Wildman–Crippen MR) is 99.6 cm³/mol. The first kappa shape index (κ1) is 17.5. The maximum Gasteiger partial charge on any atom is 0.150 e. The van der Waals surface area contributed by atoms with Crippen LogP contribution in [0.25, 0.3) is 11.3 Å². The monoisotopic (exact) mass is 342 g/mol. The molecule has 128 valence electrons. The molecule has 0 aliphatic rings. The van der Waals surface area contributed by atoms with E-state index in [-0.39, 0.29) is 0 Å². The summed E-state index contributed by atoms with van der Waals surface area (Å²) < 4.78 is 5.73. The molecule has 0 bridgehead atoms. The standard InChI is InChI=1S/C22H18N2O2/c23-13-20-7-10-22(24-14-20)21-8-5-19(6-9-21)16-26-12-11-17-1-3-18(15-25)4-2-17/h1-10,14-15H,11-12,16H2. The van der Waals surface area contributed by atoms with Gasteiger partial charge in [-0.2, -0.15) is 5.26 Å². The number of benzene rings is 2. The summed E-state index contributed by atoms with van der Waals surface area (Å²) in [5.74, 6) is 0. The first-order valence-electron chi connectivity index (χ1n) is 8.36. The van der Waals surface area contributed by atoms with Gasteiger partial charge in [-0.3, -0.25) is 9.78 Å². The molecular weight excluding hydrogens is 324 g/mol. The average molecular weight is 342 g/mol. The van der Waals surface area contributed by atoms with Crippen molar-refractivity contribution in [3.05, 3.63) is 89.1 Å². The van der Waals surface area contributed by atoms with Crippen LogP contribution in [0.15, 0.2) is 66.9 Å². The average Bonchev–Trinajstić information content (AvgIpc) is 2.72. The molecule has 2 aromatic carbocycles. The summed E-state index contributed by atoms with van der Waals surface area (Å²) in [6.07, 6.45) is 3.23. The summed E-state index contributed by atoms with van der Waals surface area (Å²) in [4.78, 5) is 14.9. The molecular formula is C22H18N2O2. The molecule has 4 heteroatoms. The lowest BCUT2D eigenvalue weighted by Gasteiger charge is -2.06. The molecule has 0 unspecified atom stereocenters. The van der Waals surface area contributed by atoms with E-state index in [1.54, 1.807) is 12.3 Å². The van der Waals surface area contributed by atoms with E-state index < -0.39 is 0 Å². The van der Waals surface area contributed by atoms with Gasteiger partial charge in [-0.15, -0.1) is 0 Å². The van der Waals surface area contributed by atoms with Crippen LogP contribution in [0.2, 0.25) is 0 Å². The molecule has 3 rings (SSSR count). The zero-order valence-electron chi connectivity index (χ0n) is 14.3. The van der Waals surface area contributed by atoms with Crippen molar-refractivity contribution < 1.29 is 9.53 Å². The van der Waals surface area contributed by atoms with Crippen molar-refractivity contribution in [1.29, 1.82) is 5.26 Å². The van der Waals surface area contributed by atoms with Crippen molar-refractivity contribution in [3.8, 4) is 17.3 Å². The summed E-state index contributed by atoms with van der Waals surface area (Å²) >= 11 is 0. The molecule has 1 aromatic heterocycles. The Morgan fingerprint density at radius 3 is 2.31 bits per heavy atom. The minimum Gasteiger partial charge on any atom is -0.376 e. The highest BCUT2D eigenvalue weighted by Gasteiger charge is 2.01. The van der Waals surface area contributed by atoms with E-state index in [1.165, 1.54) is 0 Å². The van der Waals surface area contributed by atoms with Gasteiger partial charge in [0.2, 0.25) is 0 Å². The lowest BCUT2D eigenvalue weighted by atomic mass is 10.1. The number of hydrogen-bond donors (Lipinski definition) is 0. The summed E-state index contributed by atoms with van der Waals surface area (Å²) in [6, 6.07) is 21.3. The maximum absolute atomic E-state index is 10.6. The van der Waals surface area contributed by atoms with Crippen LogP contribution < -0.4 is 0 Å². The molecule has 0 aliphatic carbocycles.